The van der Waals surface area contributed by atoms with Crippen molar-refractivity contribution in [1.82, 2.24) is 5.32 Å². The molecule has 3 aromatic carbocycles. The van der Waals surface area contributed by atoms with Crippen LogP contribution in [0.25, 0.3) is 0 Å². The molecule has 5 nitrogen and oxygen atoms in total. The number of hydrogen-bond donors (Lipinski definition) is 3. The summed E-state index contributed by atoms with van der Waals surface area (Å²) in [4.78, 5) is 25.2. The van der Waals surface area contributed by atoms with Crippen molar-refractivity contribution in [3.63, 3.8) is 0 Å². The molecule has 0 fully saturated rings. The third-order valence-electron chi connectivity index (χ3n) is 4.68. The van der Waals surface area contributed by atoms with Gasteiger partial charge >= 0.3 is 0 Å². The van der Waals surface area contributed by atoms with Gasteiger partial charge in [-0.2, -0.15) is 0 Å². The first kappa shape index (κ1) is 20.1. The molecule has 1 atom stereocenters. The van der Waals surface area contributed by atoms with Gasteiger partial charge < -0.3 is 16.4 Å². The molecule has 3 rings (SSSR count). The topological polar surface area (TPSA) is 84.2 Å². The molecule has 1 unspecified atom stereocenters. The molecule has 0 heterocycles. The van der Waals surface area contributed by atoms with Crippen molar-refractivity contribution in [2.24, 2.45) is 0 Å². The molecule has 29 heavy (non-hydrogen) atoms. The summed E-state index contributed by atoms with van der Waals surface area (Å²) in [5.41, 5.74) is 9.42. The Balaban J connectivity index is 1.63. The minimum absolute atomic E-state index is 0.143. The number of amides is 2. The number of para-hydroxylation sites is 1. The number of anilines is 2. The van der Waals surface area contributed by atoms with Crippen LogP contribution in [0, 0.1) is 0 Å². The lowest BCUT2D eigenvalue weighted by Crippen LogP contribution is -2.28. The second kappa shape index (κ2) is 9.55. The highest BCUT2D eigenvalue weighted by molar-refractivity contribution is 6.03. The van der Waals surface area contributed by atoms with E-state index < -0.39 is 0 Å². The molecule has 5 heteroatoms. The molecular formula is C24H25N3O2. The van der Waals surface area contributed by atoms with E-state index in [9.17, 15) is 9.59 Å². The van der Waals surface area contributed by atoms with Gasteiger partial charge in [-0.15, -0.1) is 0 Å². The highest BCUT2D eigenvalue weighted by Gasteiger charge is 2.16. The zero-order valence-electron chi connectivity index (χ0n) is 16.4. The summed E-state index contributed by atoms with van der Waals surface area (Å²) < 4.78 is 0. The fraction of sp³-hybridized carbons (Fsp3) is 0.167. The average molecular weight is 387 g/mol. The van der Waals surface area contributed by atoms with E-state index in [1.54, 1.807) is 24.3 Å². The summed E-state index contributed by atoms with van der Waals surface area (Å²) in [6.45, 7) is 1.93. The van der Waals surface area contributed by atoms with Crippen LogP contribution in [0.3, 0.4) is 0 Å². The van der Waals surface area contributed by atoms with E-state index in [1.165, 1.54) is 0 Å². The van der Waals surface area contributed by atoms with Crippen LogP contribution in [-0.4, -0.2) is 11.8 Å². The van der Waals surface area contributed by atoms with Gasteiger partial charge in [-0.05, 0) is 48.7 Å². The molecule has 4 N–H and O–H groups in total. The van der Waals surface area contributed by atoms with E-state index in [4.69, 9.17) is 5.73 Å². The Morgan fingerprint density at radius 3 is 2.41 bits per heavy atom. The molecule has 0 aliphatic rings. The number of aryl methyl sites for hydroxylation is 1. The summed E-state index contributed by atoms with van der Waals surface area (Å²) in [6, 6.07) is 24.1. The zero-order valence-corrected chi connectivity index (χ0v) is 16.4. The normalized spacial score (nSPS) is 11.5. The minimum Gasteiger partial charge on any atom is -0.399 e. The van der Waals surface area contributed by atoms with Gasteiger partial charge in [0.1, 0.15) is 0 Å². The van der Waals surface area contributed by atoms with E-state index in [2.05, 4.69) is 10.6 Å². The van der Waals surface area contributed by atoms with Crippen molar-refractivity contribution in [3.05, 3.63) is 95.6 Å². The molecule has 0 aliphatic carbocycles. The maximum atomic E-state index is 12.8. The molecule has 0 radical (unpaired) electrons. The van der Waals surface area contributed by atoms with Crippen LogP contribution in [0.15, 0.2) is 78.9 Å². The van der Waals surface area contributed by atoms with Gasteiger partial charge in [0, 0.05) is 12.1 Å². The van der Waals surface area contributed by atoms with Gasteiger partial charge in [0.25, 0.3) is 5.91 Å². The van der Waals surface area contributed by atoms with E-state index in [0.29, 0.717) is 29.8 Å². The van der Waals surface area contributed by atoms with E-state index >= 15 is 0 Å². The first-order valence-corrected chi connectivity index (χ1v) is 9.62. The molecule has 0 saturated heterocycles. The molecule has 148 valence electrons. The van der Waals surface area contributed by atoms with Crippen molar-refractivity contribution in [3.8, 4) is 0 Å². The third kappa shape index (κ3) is 5.69. The molecule has 0 aromatic heterocycles. The standard InChI is InChI=1S/C24H25N3O2/c1-17(19-9-3-2-4-10-19)26-24(29)21-12-5-6-13-22(21)27-23(28)15-14-18-8-7-11-20(25)16-18/h2-13,16-17H,14-15,25H2,1H3,(H,26,29)(H,27,28). The first-order valence-electron chi connectivity index (χ1n) is 9.62. The van der Waals surface area contributed by atoms with Crippen molar-refractivity contribution in [2.75, 3.05) is 11.1 Å². The highest BCUT2D eigenvalue weighted by Crippen LogP contribution is 2.18. The predicted molar refractivity (Wildman–Crippen MR) is 117 cm³/mol. The van der Waals surface area contributed by atoms with E-state index in [0.717, 1.165) is 11.1 Å². The number of rotatable bonds is 7. The van der Waals surface area contributed by atoms with Crippen molar-refractivity contribution in [1.29, 1.82) is 0 Å². The fourth-order valence-electron chi connectivity index (χ4n) is 3.11. The van der Waals surface area contributed by atoms with Gasteiger partial charge in [0.05, 0.1) is 17.3 Å². The van der Waals surface area contributed by atoms with Gasteiger partial charge in [0.2, 0.25) is 5.91 Å². The summed E-state index contributed by atoms with van der Waals surface area (Å²) in [5, 5.41) is 5.84. The van der Waals surface area contributed by atoms with Crippen LogP contribution in [-0.2, 0) is 11.2 Å². The van der Waals surface area contributed by atoms with E-state index in [-0.39, 0.29) is 17.9 Å². The minimum atomic E-state index is -0.229. The predicted octanol–water partition coefficient (Wildman–Crippen LogP) is 4.33. The molecule has 2 amide bonds. The van der Waals surface area contributed by atoms with Gasteiger partial charge in [-0.25, -0.2) is 0 Å². The summed E-state index contributed by atoms with van der Waals surface area (Å²) in [6.07, 6.45) is 0.885. The average Bonchev–Trinajstić information content (AvgIpc) is 2.73. The number of carbonyl (C=O) groups is 2. The number of hydrogen-bond acceptors (Lipinski definition) is 3. The third-order valence-corrected chi connectivity index (χ3v) is 4.68. The molecular weight excluding hydrogens is 362 g/mol. The SMILES string of the molecule is CC(NC(=O)c1ccccc1NC(=O)CCc1cccc(N)c1)c1ccccc1. The first-order chi connectivity index (χ1) is 14.0. The molecule has 0 aliphatic heterocycles. The molecule has 0 saturated carbocycles. The summed E-state index contributed by atoms with van der Waals surface area (Å²) in [5.74, 6) is -0.378. The molecule has 0 spiro atoms. The van der Waals surface area contributed by atoms with Crippen molar-refractivity contribution in [2.45, 2.75) is 25.8 Å². The zero-order chi connectivity index (χ0) is 20.6. The number of nitrogen functional groups attached to an aromatic ring is 1. The fourth-order valence-corrected chi connectivity index (χ4v) is 3.11. The van der Waals surface area contributed by atoms with Crippen LogP contribution in [0.2, 0.25) is 0 Å². The summed E-state index contributed by atoms with van der Waals surface area (Å²) in [7, 11) is 0. The van der Waals surface area contributed by atoms with Crippen LogP contribution < -0.4 is 16.4 Å². The number of carbonyl (C=O) groups excluding carboxylic acids is 2. The second-order valence-corrected chi connectivity index (χ2v) is 6.94. The van der Waals surface area contributed by atoms with Gasteiger partial charge in [-0.3, -0.25) is 9.59 Å². The molecule has 3 aromatic rings. The monoisotopic (exact) mass is 387 g/mol. The smallest absolute Gasteiger partial charge is 0.253 e. The lowest BCUT2D eigenvalue weighted by Gasteiger charge is -2.16. The van der Waals surface area contributed by atoms with Crippen LogP contribution in [0.1, 0.15) is 40.9 Å². The quantitative estimate of drug-likeness (QED) is 0.528. The van der Waals surface area contributed by atoms with Crippen LogP contribution >= 0.6 is 0 Å². The van der Waals surface area contributed by atoms with Crippen molar-refractivity contribution >= 4 is 23.2 Å². The Kier molecular flexibility index (Phi) is 6.63. The van der Waals surface area contributed by atoms with Gasteiger partial charge in [0.15, 0.2) is 0 Å². The maximum absolute atomic E-state index is 12.8. The lowest BCUT2D eigenvalue weighted by atomic mass is 10.1. The largest absolute Gasteiger partial charge is 0.399 e. The Labute approximate surface area is 170 Å². The maximum Gasteiger partial charge on any atom is 0.253 e. The Hall–Kier alpha value is -3.60. The Bertz CT molecular complexity index is 986. The number of nitrogens with two attached hydrogens (primary N) is 1. The second-order valence-electron chi connectivity index (χ2n) is 6.94. The number of benzene rings is 3. The van der Waals surface area contributed by atoms with Crippen LogP contribution in [0.4, 0.5) is 11.4 Å². The highest BCUT2D eigenvalue weighted by atomic mass is 16.2. The summed E-state index contributed by atoms with van der Waals surface area (Å²) >= 11 is 0. The van der Waals surface area contributed by atoms with Gasteiger partial charge in [-0.1, -0.05) is 54.6 Å². The lowest BCUT2D eigenvalue weighted by molar-refractivity contribution is -0.116. The Morgan fingerprint density at radius 1 is 0.931 bits per heavy atom. The molecule has 0 bridgehead atoms. The Morgan fingerprint density at radius 2 is 1.66 bits per heavy atom. The van der Waals surface area contributed by atoms with E-state index in [1.807, 2.05) is 61.5 Å². The van der Waals surface area contributed by atoms with Crippen molar-refractivity contribution < 1.29 is 9.59 Å². The van der Waals surface area contributed by atoms with Crippen LogP contribution in [0.5, 0.6) is 0 Å². The number of nitrogens with one attached hydrogen (secondary N) is 2.